The highest BCUT2D eigenvalue weighted by Gasteiger charge is 2.44. The molecule has 204 valence electrons. The number of aliphatic hydroxyl groups excluding tert-OH is 1. The summed E-state index contributed by atoms with van der Waals surface area (Å²) in [6.07, 6.45) is 0.576. The molecule has 4 rings (SSSR count). The molecule has 2 aromatic carbocycles. The Kier molecular flexibility index (Phi) is 8.28. The number of hydrogen-bond donors (Lipinski definition) is 2. The van der Waals surface area contributed by atoms with Crippen molar-refractivity contribution in [3.8, 4) is 11.5 Å². The molecule has 9 heteroatoms. The van der Waals surface area contributed by atoms with E-state index in [4.69, 9.17) is 18.9 Å². The molecular formula is C29H36N2O7. The van der Waals surface area contributed by atoms with Gasteiger partial charge in [-0.1, -0.05) is 36.4 Å². The summed E-state index contributed by atoms with van der Waals surface area (Å²) in [4.78, 5) is 28.1. The second-order valence-corrected chi connectivity index (χ2v) is 10.5. The third-order valence-corrected chi connectivity index (χ3v) is 6.62. The Labute approximate surface area is 223 Å². The number of nitrogens with zero attached hydrogens (tertiary/aromatic N) is 1. The van der Waals surface area contributed by atoms with Crippen LogP contribution < -0.4 is 14.8 Å². The van der Waals surface area contributed by atoms with E-state index >= 15 is 0 Å². The number of nitrogens with one attached hydrogen (secondary N) is 1. The number of amides is 2. The van der Waals surface area contributed by atoms with E-state index in [2.05, 4.69) is 5.32 Å². The first-order chi connectivity index (χ1) is 18.1. The van der Waals surface area contributed by atoms with Gasteiger partial charge < -0.3 is 29.0 Å². The van der Waals surface area contributed by atoms with E-state index in [1.807, 2.05) is 42.5 Å². The number of fused-ring (bicyclic) bond motifs is 2. The average Bonchev–Trinajstić information content (AvgIpc) is 2.99. The quantitative estimate of drug-likeness (QED) is 0.566. The second-order valence-electron chi connectivity index (χ2n) is 10.5. The molecule has 38 heavy (non-hydrogen) atoms. The second kappa shape index (κ2) is 11.4. The van der Waals surface area contributed by atoms with E-state index in [0.29, 0.717) is 24.5 Å². The van der Waals surface area contributed by atoms with Crippen LogP contribution in [0.3, 0.4) is 0 Å². The van der Waals surface area contributed by atoms with Crippen molar-refractivity contribution in [3.05, 3.63) is 70.9 Å². The van der Waals surface area contributed by atoms with Crippen molar-refractivity contribution in [3.63, 3.8) is 0 Å². The van der Waals surface area contributed by atoms with E-state index in [-0.39, 0.29) is 18.7 Å². The van der Waals surface area contributed by atoms with Gasteiger partial charge in [-0.2, -0.15) is 0 Å². The summed E-state index contributed by atoms with van der Waals surface area (Å²) in [6, 6.07) is 12.4. The van der Waals surface area contributed by atoms with Crippen LogP contribution in [0.4, 0.5) is 4.79 Å². The number of methoxy groups -OCH3 is 2. The molecule has 2 aliphatic heterocycles. The Bertz CT molecular complexity index is 1190. The van der Waals surface area contributed by atoms with Crippen LogP contribution >= 0.6 is 0 Å². The van der Waals surface area contributed by atoms with E-state index in [1.54, 1.807) is 46.0 Å². The van der Waals surface area contributed by atoms with Gasteiger partial charge in [0.15, 0.2) is 11.5 Å². The fourth-order valence-electron chi connectivity index (χ4n) is 4.91. The number of carbonyl (C=O) groups excluding carboxylic acids is 2. The number of rotatable bonds is 7. The van der Waals surface area contributed by atoms with E-state index in [0.717, 1.165) is 16.7 Å². The van der Waals surface area contributed by atoms with Gasteiger partial charge in [-0.15, -0.1) is 0 Å². The van der Waals surface area contributed by atoms with Gasteiger partial charge in [-0.25, -0.2) is 4.79 Å². The minimum atomic E-state index is -0.852. The lowest BCUT2D eigenvalue weighted by Gasteiger charge is -2.44. The smallest absolute Gasteiger partial charge is 0.412 e. The monoisotopic (exact) mass is 524 g/mol. The van der Waals surface area contributed by atoms with Crippen LogP contribution in [-0.4, -0.2) is 60.6 Å². The third-order valence-electron chi connectivity index (χ3n) is 6.62. The highest BCUT2D eigenvalue weighted by atomic mass is 16.6. The van der Waals surface area contributed by atoms with Gasteiger partial charge in [0.05, 0.1) is 45.6 Å². The van der Waals surface area contributed by atoms with Crippen molar-refractivity contribution in [2.45, 2.75) is 64.0 Å². The van der Waals surface area contributed by atoms with Crippen LogP contribution in [0.15, 0.2) is 54.2 Å². The molecule has 0 saturated heterocycles. The summed E-state index contributed by atoms with van der Waals surface area (Å²) < 4.78 is 22.6. The lowest BCUT2D eigenvalue weighted by atomic mass is 9.85. The largest absolute Gasteiger partial charge is 0.493 e. The van der Waals surface area contributed by atoms with Crippen LogP contribution in [0.25, 0.3) is 0 Å². The fourth-order valence-corrected chi connectivity index (χ4v) is 4.91. The predicted octanol–water partition coefficient (Wildman–Crippen LogP) is 3.89. The molecular weight excluding hydrogens is 488 g/mol. The molecule has 2 heterocycles. The fraction of sp³-hybridized carbons (Fsp3) is 0.448. The zero-order chi connectivity index (χ0) is 27.4. The number of carbonyl (C=O) groups is 2. The summed E-state index contributed by atoms with van der Waals surface area (Å²) in [5.41, 5.74) is 2.12. The predicted molar refractivity (Wildman–Crippen MR) is 141 cm³/mol. The minimum Gasteiger partial charge on any atom is -0.493 e. The van der Waals surface area contributed by atoms with Gasteiger partial charge in [0.1, 0.15) is 11.3 Å². The van der Waals surface area contributed by atoms with Crippen molar-refractivity contribution in [2.75, 3.05) is 20.8 Å². The van der Waals surface area contributed by atoms with E-state index in [1.165, 1.54) is 0 Å². The highest BCUT2D eigenvalue weighted by molar-refractivity contribution is 5.97. The van der Waals surface area contributed by atoms with Gasteiger partial charge in [0.25, 0.3) is 5.91 Å². The highest BCUT2D eigenvalue weighted by Crippen LogP contribution is 2.42. The molecule has 0 unspecified atom stereocenters. The zero-order valence-electron chi connectivity index (χ0n) is 22.5. The normalized spacial score (nSPS) is 21.0. The molecule has 3 atom stereocenters. The first kappa shape index (κ1) is 27.5. The number of alkyl carbamates (subject to hydrolysis) is 1. The van der Waals surface area contributed by atoms with Crippen LogP contribution in [0, 0.1) is 0 Å². The standard InChI is InChI=1S/C29H36N2O7/c1-29(2,3)38-28(34)30-21-11-12-24(32)22-13-19-14-25(35-4)26(36-5)15-20(19)23(31(22)27(21)33)17-37-16-18-9-7-6-8-10-18/h6-11,14-15,22-24,32H,12-13,16-17H2,1-5H3,(H,30,34)/t22-,23-,24-/m0/s1. The first-order valence-electron chi connectivity index (χ1n) is 12.7. The van der Waals surface area contributed by atoms with Gasteiger partial charge in [-0.3, -0.25) is 10.1 Å². The summed E-state index contributed by atoms with van der Waals surface area (Å²) in [6.45, 7) is 5.77. The van der Waals surface area contributed by atoms with Crippen molar-refractivity contribution in [2.24, 2.45) is 0 Å². The molecule has 0 bridgehead atoms. The van der Waals surface area contributed by atoms with Gasteiger partial charge in [0.2, 0.25) is 0 Å². The van der Waals surface area contributed by atoms with Gasteiger partial charge >= 0.3 is 6.09 Å². The molecule has 0 saturated carbocycles. The minimum absolute atomic E-state index is 0.0674. The molecule has 0 aromatic heterocycles. The summed E-state index contributed by atoms with van der Waals surface area (Å²) in [5.74, 6) is 0.692. The molecule has 0 fully saturated rings. The number of hydrogen-bond acceptors (Lipinski definition) is 7. The van der Waals surface area contributed by atoms with E-state index in [9.17, 15) is 14.7 Å². The van der Waals surface area contributed by atoms with Crippen molar-refractivity contribution in [1.29, 1.82) is 0 Å². The van der Waals surface area contributed by atoms with Crippen molar-refractivity contribution >= 4 is 12.0 Å². The molecule has 2 N–H and O–H groups in total. The molecule has 0 spiro atoms. The van der Waals surface area contributed by atoms with Crippen molar-refractivity contribution < 1.29 is 33.6 Å². The molecule has 9 nitrogen and oxygen atoms in total. The van der Waals surface area contributed by atoms with E-state index < -0.39 is 35.8 Å². The Balaban J connectivity index is 1.69. The Morgan fingerprint density at radius 3 is 2.45 bits per heavy atom. The number of benzene rings is 2. The molecule has 2 amide bonds. The molecule has 0 aliphatic carbocycles. The van der Waals surface area contributed by atoms with Crippen LogP contribution in [0.1, 0.15) is 49.9 Å². The SMILES string of the molecule is COc1cc2c(cc1OC)[C@H](COCc1ccccc1)N1C(=O)C(NC(=O)OC(C)(C)C)=CC[C@H](O)[C@@H]1C2. The topological polar surface area (TPSA) is 107 Å². The Morgan fingerprint density at radius 1 is 1.11 bits per heavy atom. The lowest BCUT2D eigenvalue weighted by Crippen LogP contribution is -2.54. The molecule has 0 radical (unpaired) electrons. The molecule has 2 aliphatic rings. The maximum absolute atomic E-state index is 13.9. The summed E-state index contributed by atoms with van der Waals surface area (Å²) in [7, 11) is 3.13. The van der Waals surface area contributed by atoms with Gasteiger partial charge in [0, 0.05) is 0 Å². The van der Waals surface area contributed by atoms with Crippen LogP contribution in [0.2, 0.25) is 0 Å². The van der Waals surface area contributed by atoms with Crippen LogP contribution in [0.5, 0.6) is 11.5 Å². The van der Waals surface area contributed by atoms with Crippen LogP contribution in [-0.2, 0) is 27.3 Å². The maximum atomic E-state index is 13.9. The summed E-state index contributed by atoms with van der Waals surface area (Å²) in [5, 5.41) is 13.7. The Morgan fingerprint density at radius 2 is 1.79 bits per heavy atom. The third kappa shape index (κ3) is 6.11. The maximum Gasteiger partial charge on any atom is 0.412 e. The zero-order valence-corrected chi connectivity index (χ0v) is 22.5. The number of aliphatic hydroxyl groups is 1. The lowest BCUT2D eigenvalue weighted by molar-refractivity contribution is -0.138. The average molecular weight is 525 g/mol. The Hall–Kier alpha value is -3.56. The van der Waals surface area contributed by atoms with Crippen molar-refractivity contribution in [1.82, 2.24) is 10.2 Å². The van der Waals surface area contributed by atoms with Gasteiger partial charge in [-0.05, 0) is 62.4 Å². The molecule has 2 aromatic rings. The number of ether oxygens (including phenoxy) is 4. The first-order valence-corrected chi connectivity index (χ1v) is 12.7. The summed E-state index contributed by atoms with van der Waals surface area (Å²) >= 11 is 0.